The van der Waals surface area contributed by atoms with Crippen molar-refractivity contribution in [1.82, 2.24) is 9.97 Å². The van der Waals surface area contributed by atoms with Gasteiger partial charge in [0.15, 0.2) is 11.5 Å². The summed E-state index contributed by atoms with van der Waals surface area (Å²) in [6.45, 7) is 1.12. The van der Waals surface area contributed by atoms with Gasteiger partial charge in [-0.2, -0.15) is 0 Å². The van der Waals surface area contributed by atoms with Crippen LogP contribution < -0.4 is 14.8 Å². The van der Waals surface area contributed by atoms with Crippen molar-refractivity contribution >= 4 is 44.7 Å². The van der Waals surface area contributed by atoms with Gasteiger partial charge >= 0.3 is 0 Å². The highest BCUT2D eigenvalue weighted by Crippen LogP contribution is 2.40. The Kier molecular flexibility index (Phi) is 4.07. The Morgan fingerprint density at radius 3 is 2.70 bits per heavy atom. The fourth-order valence-corrected chi connectivity index (χ4v) is 4.25. The number of aromatic nitrogens is 2. The lowest BCUT2D eigenvalue weighted by Crippen LogP contribution is -2.15. The molecule has 1 aliphatic rings. The third-order valence-corrected chi connectivity index (χ3v) is 5.56. The van der Waals surface area contributed by atoms with E-state index in [1.54, 1.807) is 17.7 Å². The molecule has 0 bridgehead atoms. The highest BCUT2D eigenvalue weighted by molar-refractivity contribution is 7.17. The fourth-order valence-electron chi connectivity index (χ4n) is 3.11. The van der Waals surface area contributed by atoms with Crippen molar-refractivity contribution in [2.45, 2.75) is 0 Å². The molecule has 0 saturated heterocycles. The normalized spacial score (nSPS) is 12.9. The van der Waals surface area contributed by atoms with Crippen LogP contribution in [0.1, 0.15) is 0 Å². The first-order chi connectivity index (χ1) is 13.3. The van der Waals surface area contributed by atoms with E-state index in [4.69, 9.17) is 21.1 Å². The summed E-state index contributed by atoms with van der Waals surface area (Å²) in [7, 11) is 0. The summed E-state index contributed by atoms with van der Waals surface area (Å²) in [6.07, 6.45) is 1.57. The molecule has 0 radical (unpaired) electrons. The molecule has 5 rings (SSSR count). The van der Waals surface area contributed by atoms with E-state index in [0.29, 0.717) is 18.2 Å². The largest absolute Gasteiger partial charge is 0.486 e. The molecule has 134 valence electrons. The van der Waals surface area contributed by atoms with E-state index in [9.17, 15) is 0 Å². The molecule has 2 aromatic heterocycles. The number of nitrogens with zero attached hydrogens (tertiary/aromatic N) is 2. The van der Waals surface area contributed by atoms with Gasteiger partial charge in [0, 0.05) is 33.3 Å². The van der Waals surface area contributed by atoms with E-state index in [1.807, 2.05) is 42.5 Å². The average Bonchev–Trinajstić information content (AvgIpc) is 3.13. The maximum atomic E-state index is 6.42. The summed E-state index contributed by atoms with van der Waals surface area (Å²) in [5.41, 5.74) is 2.85. The maximum absolute atomic E-state index is 6.42. The van der Waals surface area contributed by atoms with Crippen molar-refractivity contribution in [3.8, 4) is 22.6 Å². The van der Waals surface area contributed by atoms with Gasteiger partial charge in [-0.25, -0.2) is 9.97 Å². The maximum Gasteiger partial charge on any atom is 0.163 e. The summed E-state index contributed by atoms with van der Waals surface area (Å²) in [5, 5.41) is 7.10. The molecule has 2 aromatic carbocycles. The minimum absolute atomic E-state index is 0.551. The molecular formula is C20H14ClN3O2S. The highest BCUT2D eigenvalue weighted by Gasteiger charge is 2.16. The van der Waals surface area contributed by atoms with Crippen LogP contribution in [0.5, 0.6) is 11.5 Å². The minimum Gasteiger partial charge on any atom is -0.486 e. The molecule has 0 atom stereocenters. The van der Waals surface area contributed by atoms with Gasteiger partial charge in [-0.15, -0.1) is 11.3 Å². The second-order valence-corrected chi connectivity index (χ2v) is 7.28. The van der Waals surface area contributed by atoms with Gasteiger partial charge in [0.05, 0.1) is 5.39 Å². The number of rotatable bonds is 3. The molecule has 1 aliphatic heterocycles. The number of fused-ring (bicyclic) bond motifs is 2. The summed E-state index contributed by atoms with van der Waals surface area (Å²) in [5.74, 6) is 2.22. The van der Waals surface area contributed by atoms with Crippen LogP contribution in [0.25, 0.3) is 21.3 Å². The first-order valence-corrected chi connectivity index (χ1v) is 9.69. The van der Waals surface area contributed by atoms with E-state index in [0.717, 1.165) is 44.3 Å². The third kappa shape index (κ3) is 2.97. The van der Waals surface area contributed by atoms with Gasteiger partial charge in [0.1, 0.15) is 30.2 Å². The van der Waals surface area contributed by atoms with Gasteiger partial charge < -0.3 is 14.8 Å². The monoisotopic (exact) mass is 395 g/mol. The van der Waals surface area contributed by atoms with Crippen LogP contribution in [0.4, 0.5) is 11.5 Å². The lowest BCUT2D eigenvalue weighted by molar-refractivity contribution is 0.171. The van der Waals surface area contributed by atoms with E-state index in [1.165, 1.54) is 0 Å². The zero-order valence-corrected chi connectivity index (χ0v) is 15.7. The Morgan fingerprint density at radius 2 is 1.81 bits per heavy atom. The Morgan fingerprint density at radius 1 is 0.963 bits per heavy atom. The SMILES string of the molecule is Clc1ccccc1-c1csc2ncnc(Nc3ccc4c(c3)OCCO4)c12. The summed E-state index contributed by atoms with van der Waals surface area (Å²) in [6, 6.07) is 13.6. The van der Waals surface area contributed by atoms with Crippen LogP contribution in [-0.2, 0) is 0 Å². The van der Waals surface area contributed by atoms with E-state index in [2.05, 4.69) is 20.7 Å². The standard InChI is InChI=1S/C20H14ClN3O2S/c21-15-4-2-1-3-13(15)14-10-27-20-18(14)19(22-11-23-20)24-12-5-6-16-17(9-12)26-8-7-25-16/h1-6,9-11H,7-8H2,(H,22,23,24). The second kappa shape index (κ2) is 6.72. The van der Waals surface area contributed by atoms with Crippen molar-refractivity contribution in [2.75, 3.05) is 18.5 Å². The van der Waals surface area contributed by atoms with Crippen LogP contribution in [0.2, 0.25) is 5.02 Å². The van der Waals surface area contributed by atoms with E-state index < -0.39 is 0 Å². The number of hydrogen-bond acceptors (Lipinski definition) is 6. The molecule has 0 fully saturated rings. The summed E-state index contributed by atoms with van der Waals surface area (Å²) in [4.78, 5) is 9.78. The molecule has 0 aliphatic carbocycles. The Labute approximate surface area is 164 Å². The average molecular weight is 396 g/mol. The smallest absolute Gasteiger partial charge is 0.163 e. The minimum atomic E-state index is 0.551. The topological polar surface area (TPSA) is 56.3 Å². The van der Waals surface area contributed by atoms with Crippen molar-refractivity contribution in [3.63, 3.8) is 0 Å². The third-order valence-electron chi connectivity index (χ3n) is 4.34. The number of thiophene rings is 1. The first kappa shape index (κ1) is 16.4. The van der Waals surface area contributed by atoms with Gasteiger partial charge in [-0.05, 0) is 18.2 Å². The zero-order chi connectivity index (χ0) is 18.2. The van der Waals surface area contributed by atoms with Gasteiger partial charge in [-0.3, -0.25) is 0 Å². The Hall–Kier alpha value is -2.83. The molecule has 0 saturated carbocycles. The van der Waals surface area contributed by atoms with Crippen LogP contribution in [-0.4, -0.2) is 23.2 Å². The summed E-state index contributed by atoms with van der Waals surface area (Å²) < 4.78 is 11.3. The van der Waals surface area contributed by atoms with Crippen LogP contribution >= 0.6 is 22.9 Å². The Balaban J connectivity index is 1.60. The predicted molar refractivity (Wildman–Crippen MR) is 109 cm³/mol. The van der Waals surface area contributed by atoms with Gasteiger partial charge in [0.2, 0.25) is 0 Å². The Bertz CT molecular complexity index is 1150. The van der Waals surface area contributed by atoms with E-state index >= 15 is 0 Å². The molecule has 5 nitrogen and oxygen atoms in total. The zero-order valence-electron chi connectivity index (χ0n) is 14.1. The molecule has 4 aromatic rings. The second-order valence-electron chi connectivity index (χ2n) is 6.02. The number of ether oxygens (including phenoxy) is 2. The molecular weight excluding hydrogens is 382 g/mol. The van der Waals surface area contributed by atoms with Crippen molar-refractivity contribution in [1.29, 1.82) is 0 Å². The molecule has 0 amide bonds. The fraction of sp³-hybridized carbons (Fsp3) is 0.100. The van der Waals surface area contributed by atoms with Crippen molar-refractivity contribution in [2.24, 2.45) is 0 Å². The number of nitrogens with one attached hydrogen (secondary N) is 1. The highest BCUT2D eigenvalue weighted by atomic mass is 35.5. The van der Waals surface area contributed by atoms with E-state index in [-0.39, 0.29) is 0 Å². The number of benzene rings is 2. The van der Waals surface area contributed by atoms with Crippen molar-refractivity contribution in [3.05, 3.63) is 59.2 Å². The molecule has 0 unspecified atom stereocenters. The quantitative estimate of drug-likeness (QED) is 0.494. The number of hydrogen-bond donors (Lipinski definition) is 1. The first-order valence-electron chi connectivity index (χ1n) is 8.43. The molecule has 0 spiro atoms. The van der Waals surface area contributed by atoms with Gasteiger partial charge in [-0.1, -0.05) is 29.8 Å². The molecule has 3 heterocycles. The molecule has 27 heavy (non-hydrogen) atoms. The summed E-state index contributed by atoms with van der Waals surface area (Å²) >= 11 is 7.99. The number of anilines is 2. The van der Waals surface area contributed by atoms with Crippen LogP contribution in [0.15, 0.2) is 54.2 Å². The molecule has 7 heteroatoms. The predicted octanol–water partition coefficient (Wildman–Crippen LogP) is 5.53. The van der Waals surface area contributed by atoms with Crippen LogP contribution in [0, 0.1) is 0 Å². The lowest BCUT2D eigenvalue weighted by atomic mass is 10.1. The van der Waals surface area contributed by atoms with Crippen molar-refractivity contribution < 1.29 is 9.47 Å². The molecule has 1 N–H and O–H groups in total. The van der Waals surface area contributed by atoms with Crippen LogP contribution in [0.3, 0.4) is 0 Å². The van der Waals surface area contributed by atoms with Gasteiger partial charge in [0.25, 0.3) is 0 Å². The number of halogens is 1. The lowest BCUT2D eigenvalue weighted by Gasteiger charge is -2.19.